The molecule has 18 heavy (non-hydrogen) atoms. The van der Waals surface area contributed by atoms with Gasteiger partial charge in [0.25, 0.3) is 5.95 Å². The molecule has 0 bridgehead atoms. The molecule has 0 saturated heterocycles. The summed E-state index contributed by atoms with van der Waals surface area (Å²) >= 11 is 5.72. The van der Waals surface area contributed by atoms with Crippen LogP contribution in [-0.4, -0.2) is 4.98 Å². The third-order valence-electron chi connectivity index (χ3n) is 2.07. The Hall–Kier alpha value is -1.82. The van der Waals surface area contributed by atoms with Crippen LogP contribution in [0.2, 0.25) is 5.02 Å². The molecule has 1 aromatic carbocycles. The topological polar surface area (TPSA) is 24.9 Å². The number of nitrogens with one attached hydrogen (secondary N) is 1. The quantitative estimate of drug-likeness (QED) is 0.661. The molecule has 0 amide bonds. The predicted octanol–water partition coefficient (Wildman–Crippen LogP) is 4.04. The molecule has 0 fully saturated rings. The minimum Gasteiger partial charge on any atom is -0.336 e. The fraction of sp³-hybridized carbons (Fsp3) is 0. The van der Waals surface area contributed by atoms with Crippen molar-refractivity contribution in [1.29, 1.82) is 0 Å². The first-order valence-corrected chi connectivity index (χ1v) is 5.09. The Morgan fingerprint density at radius 3 is 2.44 bits per heavy atom. The van der Waals surface area contributed by atoms with Crippen LogP contribution in [0.4, 0.5) is 29.1 Å². The molecule has 0 saturated carbocycles. The van der Waals surface area contributed by atoms with Gasteiger partial charge in [0.2, 0.25) is 0 Å². The van der Waals surface area contributed by atoms with Crippen molar-refractivity contribution >= 4 is 23.1 Å². The van der Waals surface area contributed by atoms with Crippen LogP contribution in [0.5, 0.6) is 0 Å². The van der Waals surface area contributed by atoms with Gasteiger partial charge in [-0.1, -0.05) is 11.6 Å². The maximum atomic E-state index is 13.3. The van der Waals surface area contributed by atoms with Gasteiger partial charge in [-0.25, -0.2) is 13.2 Å². The van der Waals surface area contributed by atoms with E-state index >= 15 is 0 Å². The summed E-state index contributed by atoms with van der Waals surface area (Å²) in [4.78, 5) is 3.03. The molecule has 0 atom stereocenters. The molecule has 0 unspecified atom stereocenters. The Kier molecular flexibility index (Phi) is 3.38. The van der Waals surface area contributed by atoms with Gasteiger partial charge < -0.3 is 5.32 Å². The number of aromatic nitrogens is 1. The highest BCUT2D eigenvalue weighted by molar-refractivity contribution is 6.33. The van der Waals surface area contributed by atoms with Crippen molar-refractivity contribution in [3.63, 3.8) is 0 Å². The molecule has 0 aliphatic rings. The van der Waals surface area contributed by atoms with Crippen LogP contribution in [-0.2, 0) is 0 Å². The maximum absolute atomic E-state index is 13.3. The van der Waals surface area contributed by atoms with Gasteiger partial charge in [0.1, 0.15) is 5.82 Å². The Morgan fingerprint density at radius 1 is 1.00 bits per heavy atom. The normalized spacial score (nSPS) is 10.5. The van der Waals surface area contributed by atoms with Crippen LogP contribution in [0, 0.1) is 23.4 Å². The van der Waals surface area contributed by atoms with Crippen molar-refractivity contribution in [1.82, 2.24) is 4.98 Å². The number of halogens is 5. The van der Waals surface area contributed by atoms with Gasteiger partial charge in [0, 0.05) is 6.07 Å². The van der Waals surface area contributed by atoms with Crippen LogP contribution in [0.3, 0.4) is 0 Å². The van der Waals surface area contributed by atoms with E-state index in [1.54, 1.807) is 0 Å². The Morgan fingerprint density at radius 2 is 1.72 bits per heavy atom. The minimum atomic E-state index is -1.47. The van der Waals surface area contributed by atoms with Gasteiger partial charge in [0.05, 0.1) is 10.7 Å². The molecule has 2 nitrogen and oxygen atoms in total. The second-order valence-electron chi connectivity index (χ2n) is 3.34. The Bertz CT molecular complexity index is 604. The molecule has 0 radical (unpaired) electrons. The monoisotopic (exact) mass is 276 g/mol. The lowest BCUT2D eigenvalue weighted by molar-refractivity contribution is 0.467. The first kappa shape index (κ1) is 12.6. The molecule has 1 aromatic heterocycles. The zero-order chi connectivity index (χ0) is 13.3. The average Bonchev–Trinajstić information content (AvgIpc) is 2.30. The number of pyridine rings is 1. The summed E-state index contributed by atoms with van der Waals surface area (Å²) in [5.41, 5.74) is -0.00549. The van der Waals surface area contributed by atoms with Crippen LogP contribution in [0.1, 0.15) is 0 Å². The standard InChI is InChI=1S/C11H5ClF4N2/c12-6-2-1-5(13)3-9(6)17-11-8(15)4-7(14)10(16)18-11/h1-4H,(H,17,18). The zero-order valence-corrected chi connectivity index (χ0v) is 9.40. The van der Waals surface area contributed by atoms with E-state index in [1.807, 2.05) is 0 Å². The van der Waals surface area contributed by atoms with E-state index in [1.165, 1.54) is 6.07 Å². The first-order valence-electron chi connectivity index (χ1n) is 4.71. The van der Waals surface area contributed by atoms with E-state index in [9.17, 15) is 17.6 Å². The number of hydrogen-bond donors (Lipinski definition) is 1. The summed E-state index contributed by atoms with van der Waals surface area (Å²) in [7, 11) is 0. The molecule has 2 aromatic rings. The van der Waals surface area contributed by atoms with Crippen molar-refractivity contribution in [2.45, 2.75) is 0 Å². The highest BCUT2D eigenvalue weighted by Gasteiger charge is 2.13. The van der Waals surface area contributed by atoms with Crippen molar-refractivity contribution in [3.05, 3.63) is 52.7 Å². The lowest BCUT2D eigenvalue weighted by atomic mass is 10.3. The van der Waals surface area contributed by atoms with Crippen molar-refractivity contribution < 1.29 is 17.6 Å². The molecule has 7 heteroatoms. The predicted molar refractivity (Wildman–Crippen MR) is 58.8 cm³/mol. The smallest absolute Gasteiger partial charge is 0.251 e. The van der Waals surface area contributed by atoms with Gasteiger partial charge in [-0.15, -0.1) is 0 Å². The molecule has 1 heterocycles. The highest BCUT2D eigenvalue weighted by Crippen LogP contribution is 2.27. The molecular weight excluding hydrogens is 272 g/mol. The summed E-state index contributed by atoms with van der Waals surface area (Å²) in [6.07, 6.45) is 0. The van der Waals surface area contributed by atoms with E-state index in [0.717, 1.165) is 12.1 Å². The second-order valence-corrected chi connectivity index (χ2v) is 3.75. The van der Waals surface area contributed by atoms with Crippen LogP contribution < -0.4 is 5.32 Å². The molecular formula is C11H5ClF4N2. The second kappa shape index (κ2) is 4.81. The summed E-state index contributed by atoms with van der Waals surface area (Å²) in [6.45, 7) is 0. The summed E-state index contributed by atoms with van der Waals surface area (Å²) in [5.74, 6) is -5.20. The molecule has 0 aliphatic heterocycles. The van der Waals surface area contributed by atoms with E-state index < -0.39 is 29.2 Å². The van der Waals surface area contributed by atoms with Crippen LogP contribution >= 0.6 is 11.6 Å². The summed E-state index contributed by atoms with van der Waals surface area (Å²) in [6, 6.07) is 3.64. The van der Waals surface area contributed by atoms with Gasteiger partial charge in [0.15, 0.2) is 17.5 Å². The summed E-state index contributed by atoms with van der Waals surface area (Å²) in [5, 5.41) is 2.37. The average molecular weight is 277 g/mol. The summed E-state index contributed by atoms with van der Waals surface area (Å²) < 4.78 is 51.7. The molecule has 2 rings (SSSR count). The van der Waals surface area contributed by atoms with Crippen LogP contribution in [0.25, 0.3) is 0 Å². The number of nitrogens with zero attached hydrogens (tertiary/aromatic N) is 1. The third-order valence-corrected chi connectivity index (χ3v) is 2.40. The number of hydrogen-bond acceptors (Lipinski definition) is 2. The fourth-order valence-electron chi connectivity index (χ4n) is 1.25. The van der Waals surface area contributed by atoms with E-state index in [4.69, 9.17) is 11.6 Å². The number of benzene rings is 1. The van der Waals surface area contributed by atoms with Gasteiger partial charge in [-0.05, 0) is 18.2 Å². The largest absolute Gasteiger partial charge is 0.336 e. The van der Waals surface area contributed by atoms with Gasteiger partial charge in [-0.3, -0.25) is 0 Å². The number of anilines is 2. The minimum absolute atomic E-state index is 0.00549. The molecule has 0 aliphatic carbocycles. The number of rotatable bonds is 2. The first-order chi connectivity index (χ1) is 8.47. The van der Waals surface area contributed by atoms with Gasteiger partial charge >= 0.3 is 0 Å². The lowest BCUT2D eigenvalue weighted by Gasteiger charge is -2.08. The third kappa shape index (κ3) is 2.53. The highest BCUT2D eigenvalue weighted by atomic mass is 35.5. The zero-order valence-electron chi connectivity index (χ0n) is 8.65. The Labute approximate surface area is 104 Å². The SMILES string of the molecule is Fc1ccc(Cl)c(Nc2nc(F)c(F)cc2F)c1. The van der Waals surface area contributed by atoms with E-state index in [-0.39, 0.29) is 10.7 Å². The van der Waals surface area contributed by atoms with E-state index in [0.29, 0.717) is 6.07 Å². The van der Waals surface area contributed by atoms with Gasteiger partial charge in [-0.2, -0.15) is 9.37 Å². The van der Waals surface area contributed by atoms with Crippen LogP contribution in [0.15, 0.2) is 24.3 Å². The van der Waals surface area contributed by atoms with Crippen molar-refractivity contribution in [3.8, 4) is 0 Å². The molecule has 1 N–H and O–H groups in total. The maximum Gasteiger partial charge on any atom is 0.251 e. The molecule has 0 spiro atoms. The van der Waals surface area contributed by atoms with E-state index in [2.05, 4.69) is 10.3 Å². The van der Waals surface area contributed by atoms with Crippen molar-refractivity contribution in [2.24, 2.45) is 0 Å². The Balaban J connectivity index is 2.40. The molecule has 94 valence electrons. The fourth-order valence-corrected chi connectivity index (χ4v) is 1.42. The van der Waals surface area contributed by atoms with Crippen molar-refractivity contribution in [2.75, 3.05) is 5.32 Å². The lowest BCUT2D eigenvalue weighted by Crippen LogP contribution is -2.02.